The first-order valence-electron chi connectivity index (χ1n) is 7.22. The van der Waals surface area contributed by atoms with E-state index in [1.54, 1.807) is 12.1 Å². The van der Waals surface area contributed by atoms with E-state index >= 15 is 0 Å². The number of nitroso groups, excluding NO2 is 1. The van der Waals surface area contributed by atoms with Gasteiger partial charge in [-0.25, -0.2) is 5.43 Å². The number of alkyl halides is 3. The predicted octanol–water partition coefficient (Wildman–Crippen LogP) is 5.67. The Bertz CT molecular complexity index is 869. The average molecular weight is 404 g/mol. The summed E-state index contributed by atoms with van der Waals surface area (Å²) < 4.78 is 41.7. The molecule has 0 fully saturated rings. The zero-order chi connectivity index (χ0) is 18.9. The van der Waals surface area contributed by atoms with Crippen LogP contribution < -0.4 is 5.43 Å². The third-order valence-corrected chi connectivity index (χ3v) is 4.32. The van der Waals surface area contributed by atoms with Crippen molar-refractivity contribution in [2.24, 2.45) is 10.4 Å². The lowest BCUT2D eigenvalue weighted by atomic mass is 9.86. The molecule has 1 aliphatic heterocycles. The van der Waals surface area contributed by atoms with Crippen molar-refractivity contribution in [1.82, 2.24) is 0 Å². The van der Waals surface area contributed by atoms with Crippen molar-refractivity contribution < 1.29 is 18.0 Å². The summed E-state index contributed by atoms with van der Waals surface area (Å²) in [5.41, 5.74) is -0.0276. The molecule has 0 aromatic heterocycles. The van der Waals surface area contributed by atoms with E-state index in [2.05, 4.69) is 15.9 Å². The van der Waals surface area contributed by atoms with Gasteiger partial charge in [0.25, 0.3) is 5.60 Å². The van der Waals surface area contributed by atoms with Crippen LogP contribution in [-0.2, 0) is 10.4 Å². The Morgan fingerprint density at radius 1 is 1.15 bits per heavy atom. The number of anilines is 1. The molecule has 136 valence electrons. The molecule has 1 N–H and O–H groups in total. The number of hydrogen-bond acceptors (Lipinski definition) is 4. The molecule has 1 heterocycles. The van der Waals surface area contributed by atoms with Crippen molar-refractivity contribution in [3.63, 3.8) is 0 Å². The fourth-order valence-electron chi connectivity index (χ4n) is 2.67. The molecule has 3 rings (SSSR count). The van der Waals surface area contributed by atoms with Crippen molar-refractivity contribution in [3.05, 3.63) is 68.5 Å². The number of hydrogen-bond donors (Lipinski definition) is 1. The van der Waals surface area contributed by atoms with E-state index in [9.17, 15) is 18.1 Å². The molecule has 0 aliphatic carbocycles. The summed E-state index contributed by atoms with van der Waals surface area (Å²) >= 11 is 11.7. The lowest BCUT2D eigenvalue weighted by molar-refractivity contribution is -0.275. The average Bonchev–Trinajstić information content (AvgIpc) is 3.01. The highest BCUT2D eigenvalue weighted by atomic mass is 35.5. The predicted molar refractivity (Wildman–Crippen MR) is 92.3 cm³/mol. The SMILES string of the molecule is O=NNc1cccc(C2=NOC(c3cc(Cl)cc(Cl)c3)(C(F)(F)F)C2)c1. The van der Waals surface area contributed by atoms with Crippen molar-refractivity contribution in [2.75, 3.05) is 5.43 Å². The Balaban J connectivity index is 2.01. The highest BCUT2D eigenvalue weighted by molar-refractivity contribution is 6.34. The zero-order valence-electron chi connectivity index (χ0n) is 12.8. The molecular formula is C16H10Cl2F3N3O2. The molecule has 2 aromatic carbocycles. The van der Waals surface area contributed by atoms with Crippen LogP contribution in [0.2, 0.25) is 10.0 Å². The molecule has 1 atom stereocenters. The van der Waals surface area contributed by atoms with Crippen LogP contribution in [0.4, 0.5) is 18.9 Å². The summed E-state index contributed by atoms with van der Waals surface area (Å²) in [5, 5.41) is 6.27. The Morgan fingerprint density at radius 2 is 1.85 bits per heavy atom. The second-order valence-electron chi connectivity index (χ2n) is 5.57. The van der Waals surface area contributed by atoms with Gasteiger partial charge in [0.2, 0.25) is 0 Å². The van der Waals surface area contributed by atoms with Crippen LogP contribution in [0.3, 0.4) is 0 Å². The van der Waals surface area contributed by atoms with Gasteiger partial charge in [-0.1, -0.05) is 40.5 Å². The molecule has 0 amide bonds. The highest BCUT2D eigenvalue weighted by Gasteiger charge is 2.62. The molecule has 1 unspecified atom stereocenters. The minimum atomic E-state index is -4.77. The quantitative estimate of drug-likeness (QED) is 0.528. The fraction of sp³-hybridized carbons (Fsp3) is 0.188. The van der Waals surface area contributed by atoms with Gasteiger partial charge >= 0.3 is 6.18 Å². The molecule has 0 bridgehead atoms. The second kappa shape index (κ2) is 6.77. The maximum atomic E-state index is 13.9. The Labute approximate surface area is 155 Å². The smallest absolute Gasteiger partial charge is 0.374 e. The molecule has 10 heteroatoms. The van der Waals surface area contributed by atoms with E-state index in [1.165, 1.54) is 18.2 Å². The van der Waals surface area contributed by atoms with Crippen LogP contribution in [0.5, 0.6) is 0 Å². The topological polar surface area (TPSA) is 63.0 Å². The molecule has 2 aromatic rings. The molecule has 0 spiro atoms. The number of nitrogens with zero attached hydrogens (tertiary/aromatic N) is 2. The van der Waals surface area contributed by atoms with E-state index in [0.29, 0.717) is 11.3 Å². The Hall–Kier alpha value is -2.32. The first kappa shape index (κ1) is 18.5. The largest absolute Gasteiger partial charge is 0.435 e. The maximum Gasteiger partial charge on any atom is 0.435 e. The van der Waals surface area contributed by atoms with Gasteiger partial charge < -0.3 is 4.84 Å². The van der Waals surface area contributed by atoms with Gasteiger partial charge in [0.1, 0.15) is 0 Å². The standard InChI is InChI=1S/C16H10Cl2F3N3O2/c17-11-5-10(6-12(18)7-11)15(16(19,20)21)8-14(23-26-15)9-2-1-3-13(4-9)22-24-25/h1-7H,8H2,(H,22,25). The molecule has 0 saturated heterocycles. The monoisotopic (exact) mass is 403 g/mol. The van der Waals surface area contributed by atoms with Crippen LogP contribution in [-0.4, -0.2) is 11.9 Å². The van der Waals surface area contributed by atoms with Crippen molar-refractivity contribution in [3.8, 4) is 0 Å². The van der Waals surface area contributed by atoms with Crippen molar-refractivity contribution in [2.45, 2.75) is 18.2 Å². The van der Waals surface area contributed by atoms with Gasteiger partial charge in [-0.05, 0) is 30.3 Å². The summed E-state index contributed by atoms with van der Waals surface area (Å²) in [5.74, 6) is 0. The van der Waals surface area contributed by atoms with Gasteiger partial charge in [-0.15, -0.1) is 4.91 Å². The lowest BCUT2D eigenvalue weighted by Gasteiger charge is -2.29. The number of oxime groups is 1. The van der Waals surface area contributed by atoms with Gasteiger partial charge in [-0.2, -0.15) is 13.2 Å². The first-order chi connectivity index (χ1) is 12.2. The van der Waals surface area contributed by atoms with Crippen molar-refractivity contribution in [1.29, 1.82) is 0 Å². The van der Waals surface area contributed by atoms with Crippen LogP contribution >= 0.6 is 23.2 Å². The molecule has 26 heavy (non-hydrogen) atoms. The van der Waals surface area contributed by atoms with Gasteiger partial charge in [0.05, 0.1) is 16.7 Å². The summed E-state index contributed by atoms with van der Waals surface area (Å²) in [6.45, 7) is 0. The molecular weight excluding hydrogens is 394 g/mol. The maximum absolute atomic E-state index is 13.9. The number of benzene rings is 2. The lowest BCUT2D eigenvalue weighted by Crippen LogP contribution is -2.42. The van der Waals surface area contributed by atoms with Crippen LogP contribution in [0.1, 0.15) is 17.5 Å². The van der Waals surface area contributed by atoms with Gasteiger partial charge in [0.15, 0.2) is 0 Å². The molecule has 1 aliphatic rings. The number of nitrogens with one attached hydrogen (secondary N) is 1. The summed E-state index contributed by atoms with van der Waals surface area (Å²) in [6.07, 6.45) is -5.35. The minimum absolute atomic E-state index is 0.0522. The summed E-state index contributed by atoms with van der Waals surface area (Å²) in [4.78, 5) is 15.2. The third kappa shape index (κ3) is 3.34. The third-order valence-electron chi connectivity index (χ3n) is 3.89. The van der Waals surface area contributed by atoms with Crippen LogP contribution in [0, 0.1) is 4.91 Å². The molecule has 5 nitrogen and oxygen atoms in total. The molecule has 0 saturated carbocycles. The van der Waals surface area contributed by atoms with Crippen LogP contribution in [0.25, 0.3) is 0 Å². The number of rotatable bonds is 4. The normalized spacial score (nSPS) is 19.7. The summed E-state index contributed by atoms with van der Waals surface area (Å²) in [6, 6.07) is 9.71. The first-order valence-corrected chi connectivity index (χ1v) is 7.98. The Morgan fingerprint density at radius 3 is 2.46 bits per heavy atom. The second-order valence-corrected chi connectivity index (χ2v) is 6.45. The zero-order valence-corrected chi connectivity index (χ0v) is 14.4. The highest BCUT2D eigenvalue weighted by Crippen LogP contribution is 2.49. The summed E-state index contributed by atoms with van der Waals surface area (Å²) in [7, 11) is 0. The molecule has 0 radical (unpaired) electrons. The van der Waals surface area contributed by atoms with E-state index < -0.39 is 18.2 Å². The van der Waals surface area contributed by atoms with E-state index in [-0.39, 0.29) is 21.3 Å². The van der Waals surface area contributed by atoms with Gasteiger partial charge in [0, 0.05) is 27.6 Å². The van der Waals surface area contributed by atoms with E-state index in [1.807, 2.05) is 0 Å². The van der Waals surface area contributed by atoms with Crippen LogP contribution in [0.15, 0.2) is 52.9 Å². The van der Waals surface area contributed by atoms with E-state index in [0.717, 1.165) is 12.1 Å². The Kier molecular flexibility index (Phi) is 4.81. The minimum Gasteiger partial charge on any atom is -0.374 e. The fourth-order valence-corrected chi connectivity index (χ4v) is 3.19. The van der Waals surface area contributed by atoms with Gasteiger partial charge in [-0.3, -0.25) is 0 Å². The number of halogens is 5. The van der Waals surface area contributed by atoms with Crippen molar-refractivity contribution >= 4 is 34.6 Å². The van der Waals surface area contributed by atoms with E-state index in [4.69, 9.17) is 28.0 Å².